The molecule has 0 saturated carbocycles. The van der Waals surface area contributed by atoms with E-state index in [0.717, 1.165) is 29.7 Å². The van der Waals surface area contributed by atoms with E-state index >= 15 is 0 Å². The van der Waals surface area contributed by atoms with Crippen molar-refractivity contribution in [1.82, 2.24) is 5.32 Å². The van der Waals surface area contributed by atoms with Crippen LogP contribution in [0.4, 0.5) is 0 Å². The van der Waals surface area contributed by atoms with Crippen molar-refractivity contribution >= 4 is 5.97 Å². The number of carbonyl (C=O) groups excluding carboxylic acids is 1. The highest BCUT2D eigenvalue weighted by molar-refractivity contribution is 5.91. The SMILES string of the molecule is CCCc1cc(C2C=CC(C(=O)OCC)=CN2)cc(OC)c1OC. The van der Waals surface area contributed by atoms with Crippen LogP contribution in [-0.2, 0) is 16.0 Å². The summed E-state index contributed by atoms with van der Waals surface area (Å²) >= 11 is 0. The molecule has 1 N–H and O–H groups in total. The number of esters is 1. The summed E-state index contributed by atoms with van der Waals surface area (Å²) in [7, 11) is 3.30. The zero-order chi connectivity index (χ0) is 17.5. The second-order valence-corrected chi connectivity index (χ2v) is 5.49. The maximum absolute atomic E-state index is 11.7. The molecule has 1 aliphatic heterocycles. The van der Waals surface area contributed by atoms with E-state index in [1.54, 1.807) is 33.4 Å². The first kappa shape index (κ1) is 17.9. The summed E-state index contributed by atoms with van der Waals surface area (Å²) in [6, 6.07) is 4.05. The largest absolute Gasteiger partial charge is 0.493 e. The van der Waals surface area contributed by atoms with Crippen molar-refractivity contribution in [3.8, 4) is 11.5 Å². The molecule has 130 valence electrons. The van der Waals surface area contributed by atoms with Crippen LogP contribution >= 0.6 is 0 Å². The molecule has 1 aromatic rings. The van der Waals surface area contributed by atoms with Crippen LogP contribution in [0.3, 0.4) is 0 Å². The molecule has 1 atom stereocenters. The minimum absolute atomic E-state index is 0.0291. The Bertz CT molecular complexity index is 649. The minimum Gasteiger partial charge on any atom is -0.493 e. The third kappa shape index (κ3) is 3.91. The molecule has 0 aromatic heterocycles. The molecule has 0 aliphatic carbocycles. The Labute approximate surface area is 143 Å². The number of carbonyl (C=O) groups is 1. The van der Waals surface area contributed by atoms with Gasteiger partial charge < -0.3 is 19.5 Å². The first-order valence-electron chi connectivity index (χ1n) is 8.20. The van der Waals surface area contributed by atoms with E-state index in [2.05, 4.69) is 18.3 Å². The highest BCUT2D eigenvalue weighted by atomic mass is 16.5. The molecule has 5 heteroatoms. The normalized spacial score (nSPS) is 16.2. The summed E-state index contributed by atoms with van der Waals surface area (Å²) in [5.41, 5.74) is 2.69. The zero-order valence-electron chi connectivity index (χ0n) is 14.7. The maximum atomic E-state index is 11.7. The summed E-state index contributed by atoms with van der Waals surface area (Å²) < 4.78 is 16.0. The lowest BCUT2D eigenvalue weighted by Gasteiger charge is -2.21. The summed E-state index contributed by atoms with van der Waals surface area (Å²) in [5, 5.41) is 3.24. The monoisotopic (exact) mass is 331 g/mol. The fraction of sp³-hybridized carbons (Fsp3) is 0.421. The van der Waals surface area contributed by atoms with E-state index in [0.29, 0.717) is 17.9 Å². The fourth-order valence-electron chi connectivity index (χ4n) is 2.73. The van der Waals surface area contributed by atoms with Gasteiger partial charge in [0, 0.05) is 6.20 Å². The van der Waals surface area contributed by atoms with Crippen LogP contribution in [0.25, 0.3) is 0 Å². The van der Waals surface area contributed by atoms with Crippen LogP contribution in [-0.4, -0.2) is 26.8 Å². The molecule has 24 heavy (non-hydrogen) atoms. The summed E-state index contributed by atoms with van der Waals surface area (Å²) in [6.45, 7) is 4.29. The van der Waals surface area contributed by atoms with Crippen LogP contribution in [0, 0.1) is 0 Å². The second kappa shape index (κ2) is 8.43. The Morgan fingerprint density at radius 3 is 2.54 bits per heavy atom. The van der Waals surface area contributed by atoms with Crippen molar-refractivity contribution in [2.24, 2.45) is 0 Å². The van der Waals surface area contributed by atoms with Gasteiger partial charge in [-0.25, -0.2) is 4.79 Å². The Kier molecular flexibility index (Phi) is 6.29. The average Bonchev–Trinajstić information content (AvgIpc) is 2.61. The van der Waals surface area contributed by atoms with Gasteiger partial charge in [-0.05, 0) is 42.7 Å². The lowest BCUT2D eigenvalue weighted by atomic mass is 9.98. The highest BCUT2D eigenvalue weighted by Gasteiger charge is 2.19. The minimum atomic E-state index is -0.321. The van der Waals surface area contributed by atoms with Crippen molar-refractivity contribution < 1.29 is 19.0 Å². The van der Waals surface area contributed by atoms with Crippen molar-refractivity contribution in [1.29, 1.82) is 0 Å². The standard InChI is InChI=1S/C19H25NO4/c1-5-7-13-10-15(11-17(22-3)18(13)23-4)16-9-8-14(12-20-16)19(21)24-6-2/h8-12,16,20H,5-7H2,1-4H3. The highest BCUT2D eigenvalue weighted by Crippen LogP contribution is 2.36. The molecular formula is C19H25NO4. The number of benzene rings is 1. The van der Waals surface area contributed by atoms with E-state index in [4.69, 9.17) is 14.2 Å². The molecule has 5 nitrogen and oxygen atoms in total. The van der Waals surface area contributed by atoms with E-state index in [1.807, 2.05) is 12.1 Å². The zero-order valence-corrected chi connectivity index (χ0v) is 14.7. The van der Waals surface area contributed by atoms with E-state index < -0.39 is 0 Å². The van der Waals surface area contributed by atoms with Crippen LogP contribution in [0.15, 0.2) is 36.1 Å². The Morgan fingerprint density at radius 2 is 2.00 bits per heavy atom. The maximum Gasteiger partial charge on any atom is 0.339 e. The molecule has 1 unspecified atom stereocenters. The number of dihydropyridines is 1. The Morgan fingerprint density at radius 1 is 1.21 bits per heavy atom. The van der Waals surface area contributed by atoms with Crippen LogP contribution < -0.4 is 14.8 Å². The quantitative estimate of drug-likeness (QED) is 0.777. The molecule has 0 radical (unpaired) electrons. The number of aryl methyl sites for hydroxylation is 1. The predicted octanol–water partition coefficient (Wildman–Crippen LogP) is 3.30. The number of hydrogen-bond donors (Lipinski definition) is 1. The van der Waals surface area contributed by atoms with Gasteiger partial charge in [0.25, 0.3) is 0 Å². The first-order chi connectivity index (χ1) is 11.6. The smallest absolute Gasteiger partial charge is 0.339 e. The molecule has 2 rings (SSSR count). The van der Waals surface area contributed by atoms with Crippen LogP contribution in [0.5, 0.6) is 11.5 Å². The molecule has 1 aromatic carbocycles. The average molecular weight is 331 g/mol. The fourth-order valence-corrected chi connectivity index (χ4v) is 2.73. The van der Waals surface area contributed by atoms with E-state index in [9.17, 15) is 4.79 Å². The molecule has 0 bridgehead atoms. The van der Waals surface area contributed by atoms with Gasteiger partial charge in [0.1, 0.15) is 0 Å². The van der Waals surface area contributed by atoms with Gasteiger partial charge in [-0.1, -0.05) is 19.4 Å². The third-order valence-electron chi connectivity index (χ3n) is 3.85. The van der Waals surface area contributed by atoms with Crippen molar-refractivity contribution in [3.05, 3.63) is 47.2 Å². The molecule has 0 spiro atoms. The van der Waals surface area contributed by atoms with Crippen molar-refractivity contribution in [3.63, 3.8) is 0 Å². The molecule has 1 heterocycles. The van der Waals surface area contributed by atoms with E-state index in [1.165, 1.54) is 0 Å². The lowest BCUT2D eigenvalue weighted by molar-refractivity contribution is -0.138. The van der Waals surface area contributed by atoms with E-state index in [-0.39, 0.29) is 12.0 Å². The predicted molar refractivity (Wildman–Crippen MR) is 93.3 cm³/mol. The number of nitrogens with one attached hydrogen (secondary N) is 1. The van der Waals surface area contributed by atoms with Gasteiger partial charge in [-0.3, -0.25) is 0 Å². The Hall–Kier alpha value is -2.43. The molecule has 0 amide bonds. The lowest BCUT2D eigenvalue weighted by Crippen LogP contribution is -2.20. The molecule has 1 aliphatic rings. The van der Waals surface area contributed by atoms with Gasteiger partial charge in [-0.2, -0.15) is 0 Å². The molecule has 0 fully saturated rings. The van der Waals surface area contributed by atoms with Gasteiger partial charge in [-0.15, -0.1) is 0 Å². The van der Waals surface area contributed by atoms with Crippen LogP contribution in [0.2, 0.25) is 0 Å². The number of hydrogen-bond acceptors (Lipinski definition) is 5. The van der Waals surface area contributed by atoms with Gasteiger partial charge in [0.2, 0.25) is 0 Å². The summed E-state index contributed by atoms with van der Waals surface area (Å²) in [4.78, 5) is 11.7. The molecular weight excluding hydrogens is 306 g/mol. The van der Waals surface area contributed by atoms with Gasteiger partial charge >= 0.3 is 5.97 Å². The van der Waals surface area contributed by atoms with Gasteiger partial charge in [0.05, 0.1) is 32.4 Å². The number of methoxy groups -OCH3 is 2. The van der Waals surface area contributed by atoms with Crippen molar-refractivity contribution in [2.75, 3.05) is 20.8 Å². The first-order valence-corrected chi connectivity index (χ1v) is 8.20. The Balaban J connectivity index is 2.26. The number of ether oxygens (including phenoxy) is 3. The number of rotatable bonds is 7. The van der Waals surface area contributed by atoms with Crippen LogP contribution in [0.1, 0.15) is 37.4 Å². The second-order valence-electron chi connectivity index (χ2n) is 5.49. The summed E-state index contributed by atoms with van der Waals surface area (Å²) in [6.07, 6.45) is 7.36. The third-order valence-corrected chi connectivity index (χ3v) is 3.85. The summed E-state index contributed by atoms with van der Waals surface area (Å²) in [5.74, 6) is 1.18. The van der Waals surface area contributed by atoms with Gasteiger partial charge in [0.15, 0.2) is 11.5 Å². The van der Waals surface area contributed by atoms with Crippen molar-refractivity contribution in [2.45, 2.75) is 32.7 Å². The topological polar surface area (TPSA) is 56.8 Å². The molecule has 0 saturated heterocycles.